The van der Waals surface area contributed by atoms with Crippen LogP contribution in [0.4, 0.5) is 0 Å². The third-order valence-electron chi connectivity index (χ3n) is 4.07. The van der Waals surface area contributed by atoms with E-state index in [4.69, 9.17) is 9.73 Å². The van der Waals surface area contributed by atoms with Crippen molar-refractivity contribution >= 4 is 17.7 Å². The van der Waals surface area contributed by atoms with Crippen molar-refractivity contribution in [2.45, 2.75) is 48.7 Å². The molecule has 1 aromatic carbocycles. The summed E-state index contributed by atoms with van der Waals surface area (Å²) in [4.78, 5) is 6.18. The Labute approximate surface area is 150 Å². The maximum atomic E-state index is 5.08. The van der Waals surface area contributed by atoms with Crippen molar-refractivity contribution in [1.82, 2.24) is 10.6 Å². The van der Waals surface area contributed by atoms with E-state index in [0.29, 0.717) is 4.75 Å². The standard InChI is InChI=1S/C19H31N3OS/c1-3-20-18(21-14-8-5-9-15-23-2)22-16-19(12-13-19)24-17-10-6-4-7-11-17/h4,6-7,10-11H,3,5,8-9,12-16H2,1-2H3,(H2,20,21,22). The lowest BCUT2D eigenvalue weighted by Crippen LogP contribution is -2.38. The average Bonchev–Trinajstić information content (AvgIpc) is 3.36. The summed E-state index contributed by atoms with van der Waals surface area (Å²) in [5, 5.41) is 6.80. The number of ether oxygens (including phenoxy) is 1. The van der Waals surface area contributed by atoms with Crippen LogP contribution in [0.5, 0.6) is 0 Å². The first-order valence-electron chi connectivity index (χ1n) is 9.03. The monoisotopic (exact) mass is 349 g/mol. The molecule has 5 heteroatoms. The highest BCUT2D eigenvalue weighted by molar-refractivity contribution is 8.01. The molecule has 4 nitrogen and oxygen atoms in total. The van der Waals surface area contributed by atoms with Gasteiger partial charge in [0, 0.05) is 36.4 Å². The minimum atomic E-state index is 0.308. The highest BCUT2D eigenvalue weighted by Crippen LogP contribution is 2.51. The maximum absolute atomic E-state index is 5.08. The van der Waals surface area contributed by atoms with Gasteiger partial charge in [-0.15, -0.1) is 11.8 Å². The summed E-state index contributed by atoms with van der Waals surface area (Å²) in [7, 11) is 1.76. The van der Waals surface area contributed by atoms with Gasteiger partial charge in [0.1, 0.15) is 0 Å². The number of methoxy groups -OCH3 is 1. The zero-order chi connectivity index (χ0) is 17.1. The molecule has 1 aromatic rings. The second kappa shape index (κ2) is 10.6. The molecule has 2 rings (SSSR count). The van der Waals surface area contributed by atoms with Gasteiger partial charge < -0.3 is 15.4 Å². The average molecular weight is 350 g/mol. The van der Waals surface area contributed by atoms with Gasteiger partial charge in [-0.1, -0.05) is 18.2 Å². The summed E-state index contributed by atoms with van der Waals surface area (Å²) in [6.45, 7) is 5.71. The number of rotatable bonds is 11. The highest BCUT2D eigenvalue weighted by Gasteiger charge is 2.43. The van der Waals surface area contributed by atoms with E-state index < -0.39 is 0 Å². The second-order valence-electron chi connectivity index (χ2n) is 6.27. The molecule has 1 fully saturated rings. The number of thioether (sulfide) groups is 1. The van der Waals surface area contributed by atoms with E-state index in [1.165, 1.54) is 24.2 Å². The van der Waals surface area contributed by atoms with Gasteiger partial charge >= 0.3 is 0 Å². The molecule has 0 bridgehead atoms. The number of benzene rings is 1. The Hall–Kier alpha value is -1.20. The molecule has 0 radical (unpaired) electrons. The molecule has 0 amide bonds. The fourth-order valence-corrected chi connectivity index (χ4v) is 3.72. The Morgan fingerprint density at radius 2 is 1.96 bits per heavy atom. The van der Waals surface area contributed by atoms with Gasteiger partial charge in [0.15, 0.2) is 5.96 Å². The molecule has 0 aromatic heterocycles. The summed E-state index contributed by atoms with van der Waals surface area (Å²) in [6.07, 6.45) is 5.98. The Kier molecular flexibility index (Phi) is 8.47. The van der Waals surface area contributed by atoms with Crippen LogP contribution in [0.2, 0.25) is 0 Å². The number of nitrogens with one attached hydrogen (secondary N) is 2. The van der Waals surface area contributed by atoms with Gasteiger partial charge in [-0.25, -0.2) is 0 Å². The van der Waals surface area contributed by atoms with Gasteiger partial charge in [0.2, 0.25) is 0 Å². The van der Waals surface area contributed by atoms with Crippen LogP contribution in [-0.2, 0) is 4.74 Å². The molecule has 24 heavy (non-hydrogen) atoms. The topological polar surface area (TPSA) is 45.7 Å². The van der Waals surface area contributed by atoms with Crippen LogP contribution in [0.1, 0.15) is 39.0 Å². The lowest BCUT2D eigenvalue weighted by atomic mass is 10.2. The van der Waals surface area contributed by atoms with E-state index >= 15 is 0 Å². The number of unbranched alkanes of at least 4 members (excludes halogenated alkanes) is 2. The predicted octanol–water partition coefficient (Wildman–Crippen LogP) is 3.68. The first-order chi connectivity index (χ1) is 11.8. The van der Waals surface area contributed by atoms with Crippen LogP contribution in [0.15, 0.2) is 40.2 Å². The van der Waals surface area contributed by atoms with E-state index in [-0.39, 0.29) is 0 Å². The number of hydrogen-bond acceptors (Lipinski definition) is 3. The maximum Gasteiger partial charge on any atom is 0.191 e. The van der Waals surface area contributed by atoms with Gasteiger partial charge in [-0.3, -0.25) is 4.99 Å². The van der Waals surface area contributed by atoms with Crippen molar-refractivity contribution < 1.29 is 4.74 Å². The summed E-state index contributed by atoms with van der Waals surface area (Å²) in [5.74, 6) is 0.948. The van der Waals surface area contributed by atoms with Crippen molar-refractivity contribution in [3.8, 4) is 0 Å². The van der Waals surface area contributed by atoms with Crippen LogP contribution in [0, 0.1) is 0 Å². The third kappa shape index (κ3) is 7.14. The Morgan fingerprint density at radius 1 is 1.17 bits per heavy atom. The van der Waals surface area contributed by atoms with Gasteiger partial charge in [0.05, 0.1) is 6.54 Å². The predicted molar refractivity (Wildman–Crippen MR) is 104 cm³/mol. The molecular formula is C19H31N3OS. The number of aliphatic imine (C=N–C) groups is 1. The van der Waals surface area contributed by atoms with E-state index in [1.807, 2.05) is 11.8 Å². The fraction of sp³-hybridized carbons (Fsp3) is 0.632. The third-order valence-corrected chi connectivity index (χ3v) is 5.55. The van der Waals surface area contributed by atoms with Crippen molar-refractivity contribution in [2.75, 3.05) is 33.4 Å². The first kappa shape index (κ1) is 19.1. The van der Waals surface area contributed by atoms with E-state index in [0.717, 1.165) is 45.0 Å². The molecule has 2 N–H and O–H groups in total. The molecule has 0 spiro atoms. The lowest BCUT2D eigenvalue weighted by molar-refractivity contribution is 0.192. The zero-order valence-electron chi connectivity index (χ0n) is 15.0. The minimum absolute atomic E-state index is 0.308. The Bertz CT molecular complexity index is 489. The molecule has 0 heterocycles. The van der Waals surface area contributed by atoms with E-state index in [2.05, 4.69) is 47.9 Å². The van der Waals surface area contributed by atoms with Gasteiger partial charge in [-0.2, -0.15) is 0 Å². The first-order valence-corrected chi connectivity index (χ1v) is 9.85. The van der Waals surface area contributed by atoms with Crippen LogP contribution < -0.4 is 10.6 Å². The highest BCUT2D eigenvalue weighted by atomic mass is 32.2. The van der Waals surface area contributed by atoms with Crippen LogP contribution in [-0.4, -0.2) is 44.1 Å². The minimum Gasteiger partial charge on any atom is -0.385 e. The molecule has 1 saturated carbocycles. The Morgan fingerprint density at radius 3 is 2.62 bits per heavy atom. The van der Waals surface area contributed by atoms with E-state index in [1.54, 1.807) is 7.11 Å². The van der Waals surface area contributed by atoms with Gasteiger partial charge in [0.25, 0.3) is 0 Å². The summed E-state index contributed by atoms with van der Waals surface area (Å²) in [6, 6.07) is 10.7. The zero-order valence-corrected chi connectivity index (χ0v) is 15.8. The fourth-order valence-electron chi connectivity index (χ4n) is 2.49. The molecule has 134 valence electrons. The van der Waals surface area contributed by atoms with Crippen molar-refractivity contribution in [1.29, 1.82) is 0 Å². The normalized spacial score (nSPS) is 16.0. The van der Waals surface area contributed by atoms with Crippen molar-refractivity contribution in [3.63, 3.8) is 0 Å². The van der Waals surface area contributed by atoms with Crippen LogP contribution in [0.3, 0.4) is 0 Å². The molecule has 0 aliphatic heterocycles. The van der Waals surface area contributed by atoms with Crippen LogP contribution in [0.25, 0.3) is 0 Å². The summed E-state index contributed by atoms with van der Waals surface area (Å²) in [5.41, 5.74) is 0. The molecule has 0 saturated heterocycles. The summed E-state index contributed by atoms with van der Waals surface area (Å²) < 4.78 is 5.39. The molecule has 0 unspecified atom stereocenters. The summed E-state index contributed by atoms with van der Waals surface area (Å²) >= 11 is 1.98. The van der Waals surface area contributed by atoms with Crippen molar-refractivity contribution in [2.24, 2.45) is 4.99 Å². The Balaban J connectivity index is 1.75. The lowest BCUT2D eigenvalue weighted by Gasteiger charge is -2.15. The van der Waals surface area contributed by atoms with E-state index in [9.17, 15) is 0 Å². The largest absolute Gasteiger partial charge is 0.385 e. The molecular weight excluding hydrogens is 318 g/mol. The number of nitrogens with zero attached hydrogens (tertiary/aromatic N) is 1. The van der Waals surface area contributed by atoms with Crippen molar-refractivity contribution in [3.05, 3.63) is 30.3 Å². The van der Waals surface area contributed by atoms with Crippen LogP contribution >= 0.6 is 11.8 Å². The SMILES string of the molecule is CCNC(=NCC1(Sc2ccccc2)CC1)NCCCCCOC. The van der Waals surface area contributed by atoms with Gasteiger partial charge in [-0.05, 0) is 51.2 Å². The quantitative estimate of drug-likeness (QED) is 0.363. The smallest absolute Gasteiger partial charge is 0.191 e. The molecule has 0 atom stereocenters. The second-order valence-corrected chi connectivity index (χ2v) is 7.82. The number of hydrogen-bond donors (Lipinski definition) is 2. The number of guanidine groups is 1. The molecule has 1 aliphatic carbocycles. The molecule has 1 aliphatic rings.